The summed E-state index contributed by atoms with van der Waals surface area (Å²) in [6.45, 7) is 0. The van der Waals surface area contributed by atoms with E-state index in [9.17, 15) is 0 Å². The highest BCUT2D eigenvalue weighted by atomic mass is 32.1. The largest absolute Gasteiger partial charge is 0.309 e. The predicted molar refractivity (Wildman–Crippen MR) is 492 cm³/mol. The van der Waals surface area contributed by atoms with Gasteiger partial charge in [0.05, 0.1) is 69.4 Å². The molecule has 18 aromatic carbocycles. The number of benzene rings is 18. The number of hydrogen-bond acceptors (Lipinski definition) is 6. The van der Waals surface area contributed by atoms with Crippen molar-refractivity contribution >= 4 is 257 Å². The lowest BCUT2D eigenvalue weighted by Gasteiger charge is -2.14. The van der Waals surface area contributed by atoms with Crippen LogP contribution in [0.4, 0.5) is 0 Å². The van der Waals surface area contributed by atoms with Crippen molar-refractivity contribution in [3.8, 4) is 17.1 Å². The average Bonchev–Trinajstić information content (AvgIpc) is 1.55. The monoisotopic (exact) mass is 1500 g/mol. The smallest absolute Gasteiger partial charge is 0.0888 e. The van der Waals surface area contributed by atoms with Crippen molar-refractivity contribution in [2.45, 2.75) is 0 Å². The van der Waals surface area contributed by atoms with Gasteiger partial charge in [0.2, 0.25) is 0 Å². The molecule has 27 aromatic rings. The molecule has 0 spiro atoms. The molecule has 0 bridgehead atoms. The van der Waals surface area contributed by atoms with Crippen molar-refractivity contribution in [1.29, 1.82) is 0 Å². The number of nitrogens with zero attached hydrogens (tertiary/aromatic N) is 6. The summed E-state index contributed by atoms with van der Waals surface area (Å²) in [6, 6.07) is 126. The number of hydrogen-bond donors (Lipinski definition) is 0. The summed E-state index contributed by atoms with van der Waals surface area (Å²) >= 11 is 5.55. The molecule has 0 atom stereocenters. The van der Waals surface area contributed by atoms with Gasteiger partial charge in [-0.25, -0.2) is 0 Å². The minimum Gasteiger partial charge on any atom is -0.309 e. The Morgan fingerprint density at radius 1 is 0.193 bits per heavy atom. The molecule has 0 fully saturated rings. The Kier molecular flexibility index (Phi) is 13.7. The van der Waals surface area contributed by atoms with Crippen LogP contribution < -0.4 is 0 Å². The summed E-state index contributed by atoms with van der Waals surface area (Å²) in [5, 5.41) is 34.2. The third-order valence-corrected chi connectivity index (χ3v) is 27.5. The number of pyridine rings is 3. The molecule has 114 heavy (non-hydrogen) atoms. The Labute approximate surface area is 662 Å². The van der Waals surface area contributed by atoms with Crippen LogP contribution in [0, 0.1) is 0 Å². The summed E-state index contributed by atoms with van der Waals surface area (Å²) in [6.07, 6.45) is 5.77. The van der Waals surface area contributed by atoms with E-state index >= 15 is 0 Å². The zero-order valence-corrected chi connectivity index (χ0v) is 63.5. The zero-order chi connectivity index (χ0) is 74.4. The summed E-state index contributed by atoms with van der Waals surface area (Å²) in [5.74, 6) is 0. The molecule has 0 N–H and O–H groups in total. The molecule has 0 aliphatic heterocycles. The van der Waals surface area contributed by atoms with E-state index < -0.39 is 0 Å². The second kappa shape index (κ2) is 24.7. The maximum absolute atomic E-state index is 4.93. The topological polar surface area (TPSA) is 53.5 Å². The SMILES string of the molecule is c1ccc2c(c1)ccc1c(-n3c4ccccc4c4c5cccnc5c5sc6ccccc6c5c43)cccc12.c1ccc2c(c1)ccc1ccc(-n3c4ccccc4c4c5cccnc5c5sc6ccccc6c5c43)cc12.c1ccc2cc3cc(-n4c5ccccc5c5c6cccnc6c6sc7ccccc7c6c54)ccc3cc2c1. The fourth-order valence-corrected chi connectivity index (χ4v) is 22.8. The first-order valence-electron chi connectivity index (χ1n) is 38.7. The lowest BCUT2D eigenvalue weighted by molar-refractivity contribution is 1.19. The lowest BCUT2D eigenvalue weighted by Crippen LogP contribution is -1.96. The van der Waals surface area contributed by atoms with Crippen molar-refractivity contribution in [2.75, 3.05) is 0 Å². The number of rotatable bonds is 3. The van der Waals surface area contributed by atoms with Gasteiger partial charge in [-0.2, -0.15) is 0 Å². The summed E-state index contributed by atoms with van der Waals surface area (Å²) in [5.41, 5.74) is 14.3. The van der Waals surface area contributed by atoms with Crippen LogP contribution in [-0.2, 0) is 0 Å². The minimum atomic E-state index is 1.09. The molecule has 6 nitrogen and oxygen atoms in total. The fraction of sp³-hybridized carbons (Fsp3) is 0. The van der Waals surface area contributed by atoms with Gasteiger partial charge >= 0.3 is 0 Å². The van der Waals surface area contributed by atoms with E-state index in [2.05, 4.69) is 359 Å². The Balaban J connectivity index is 0.0000000964. The molecule has 0 saturated heterocycles. The Hall–Kier alpha value is -14.2. The molecule has 0 unspecified atom stereocenters. The second-order valence-electron chi connectivity index (χ2n) is 29.9. The van der Waals surface area contributed by atoms with Crippen LogP contribution in [0.25, 0.3) is 240 Å². The van der Waals surface area contributed by atoms with Gasteiger partial charge in [-0.05, 0) is 156 Å². The van der Waals surface area contributed by atoms with E-state index in [-0.39, 0.29) is 0 Å². The first-order valence-corrected chi connectivity index (χ1v) is 41.1. The Morgan fingerprint density at radius 3 is 1.02 bits per heavy atom. The molecule has 9 aromatic heterocycles. The first-order chi connectivity index (χ1) is 56.6. The molecule has 0 amide bonds. The minimum absolute atomic E-state index is 1.09. The molecular weight excluding hydrogens is 1440 g/mol. The number of fused-ring (bicyclic) bond motifs is 38. The van der Waals surface area contributed by atoms with Gasteiger partial charge in [-0.15, -0.1) is 34.0 Å². The van der Waals surface area contributed by atoms with E-state index in [0.29, 0.717) is 0 Å². The van der Waals surface area contributed by atoms with Crippen LogP contribution in [0.5, 0.6) is 0 Å². The molecule has 27 rings (SSSR count). The van der Waals surface area contributed by atoms with Crippen LogP contribution >= 0.6 is 34.0 Å². The van der Waals surface area contributed by atoms with E-state index in [0.717, 1.165) is 16.6 Å². The lowest BCUT2D eigenvalue weighted by atomic mass is 10.0. The molecule has 528 valence electrons. The quantitative estimate of drug-likeness (QED) is 0.131. The van der Waals surface area contributed by atoms with Gasteiger partial charge in [-0.3, -0.25) is 15.0 Å². The van der Waals surface area contributed by atoms with Gasteiger partial charge in [0, 0.05) is 130 Å². The zero-order valence-electron chi connectivity index (χ0n) is 61.0. The Morgan fingerprint density at radius 2 is 0.526 bits per heavy atom. The third-order valence-electron chi connectivity index (χ3n) is 23.9. The van der Waals surface area contributed by atoms with Gasteiger partial charge in [0.1, 0.15) is 0 Å². The molecule has 0 aliphatic rings. The fourth-order valence-electron chi connectivity index (χ4n) is 19.2. The standard InChI is InChI=1S/3C35H20N2S/c1-2-10-22-21(9-1)18-19-24-23(22)13-7-16-28(24)37-29-15-5-3-11-25(29)31-27-14-8-20-36-33(27)35-32(34(31)37)26-12-4-6-17-30(26)38-35;1-2-9-24-21(8-1)15-16-22-17-18-23(20-28(22)24)37-29-13-5-3-10-25(29)31-27-12-7-19-36-33(27)35-32(34(31)37)26-11-4-6-14-30(26)38-35;1-2-9-22-19-24-20-25(16-15-23(24)18-21(22)8-1)37-29-13-5-3-10-26(29)31-28-12-7-17-36-33(28)35-32(34(31)37)27-11-4-6-14-30(27)38-35/h3*1-20H. The van der Waals surface area contributed by atoms with Crippen LogP contribution in [0.3, 0.4) is 0 Å². The van der Waals surface area contributed by atoms with Crippen molar-refractivity contribution < 1.29 is 0 Å². The first kappa shape index (κ1) is 63.6. The average molecular weight is 1500 g/mol. The van der Waals surface area contributed by atoms with E-state index in [4.69, 9.17) is 15.0 Å². The Bertz CT molecular complexity index is 8800. The molecule has 0 radical (unpaired) electrons. The van der Waals surface area contributed by atoms with E-state index in [1.54, 1.807) is 0 Å². The molecule has 0 aliphatic carbocycles. The van der Waals surface area contributed by atoms with Gasteiger partial charge in [0.25, 0.3) is 0 Å². The van der Waals surface area contributed by atoms with Crippen LogP contribution in [0.15, 0.2) is 364 Å². The van der Waals surface area contributed by atoms with E-state index in [1.165, 1.54) is 224 Å². The summed E-state index contributed by atoms with van der Waals surface area (Å²) in [7, 11) is 0. The van der Waals surface area contributed by atoms with Crippen molar-refractivity contribution in [3.63, 3.8) is 0 Å². The van der Waals surface area contributed by atoms with Gasteiger partial charge < -0.3 is 13.7 Å². The summed E-state index contributed by atoms with van der Waals surface area (Å²) in [4.78, 5) is 14.8. The van der Waals surface area contributed by atoms with Crippen LogP contribution in [-0.4, -0.2) is 28.7 Å². The predicted octanol–water partition coefficient (Wildman–Crippen LogP) is 30.0. The maximum atomic E-state index is 4.93. The van der Waals surface area contributed by atoms with Crippen LogP contribution in [0.1, 0.15) is 0 Å². The molecule has 0 saturated carbocycles. The maximum Gasteiger partial charge on any atom is 0.0888 e. The normalized spacial score (nSPS) is 12.2. The highest BCUT2D eigenvalue weighted by molar-refractivity contribution is 7.27. The van der Waals surface area contributed by atoms with E-state index in [1.807, 2.05) is 52.6 Å². The molecule has 9 heteroatoms. The van der Waals surface area contributed by atoms with Crippen molar-refractivity contribution in [1.82, 2.24) is 28.7 Å². The number of aromatic nitrogens is 6. The highest BCUT2D eigenvalue weighted by Gasteiger charge is 2.27. The summed E-state index contributed by atoms with van der Waals surface area (Å²) < 4.78 is 15.1. The van der Waals surface area contributed by atoms with Crippen LogP contribution in [0.2, 0.25) is 0 Å². The third kappa shape index (κ3) is 9.19. The van der Waals surface area contributed by atoms with Crippen molar-refractivity contribution in [3.05, 3.63) is 364 Å². The van der Waals surface area contributed by atoms with Crippen molar-refractivity contribution in [2.24, 2.45) is 0 Å². The molecule has 9 heterocycles. The number of thiophene rings is 3. The highest BCUT2D eigenvalue weighted by Crippen LogP contribution is 2.52. The second-order valence-corrected chi connectivity index (χ2v) is 33.1. The number of para-hydroxylation sites is 3. The van der Waals surface area contributed by atoms with Gasteiger partial charge in [0.15, 0.2) is 0 Å². The molecular formula is C105H60N6S3. The van der Waals surface area contributed by atoms with Gasteiger partial charge in [-0.1, -0.05) is 249 Å².